The largest absolute Gasteiger partial charge is 0.496 e. The van der Waals surface area contributed by atoms with Crippen LogP contribution < -0.4 is 15.4 Å². The number of nitrogens with one attached hydrogen (secondary N) is 2. The van der Waals surface area contributed by atoms with Crippen molar-refractivity contribution in [2.45, 2.75) is 19.0 Å². The lowest BCUT2D eigenvalue weighted by molar-refractivity contribution is -0.137. The van der Waals surface area contributed by atoms with E-state index in [0.717, 1.165) is 29.9 Å². The molecule has 0 unspecified atom stereocenters. The minimum Gasteiger partial charge on any atom is -0.496 e. The van der Waals surface area contributed by atoms with Crippen LogP contribution in [0.1, 0.15) is 17.5 Å². The van der Waals surface area contributed by atoms with E-state index in [1.165, 1.54) is 12.1 Å². The van der Waals surface area contributed by atoms with Crippen molar-refractivity contribution >= 4 is 11.6 Å². The van der Waals surface area contributed by atoms with Crippen molar-refractivity contribution in [2.75, 3.05) is 25.5 Å². The molecular weight excluding hydrogens is 345 g/mol. The van der Waals surface area contributed by atoms with E-state index in [9.17, 15) is 18.0 Å². The molecule has 0 radical (unpaired) electrons. The smallest absolute Gasteiger partial charge is 0.416 e. The SMILES string of the molecule is COc1ccccc1CCNCCC(=O)Nc1ccc(C(F)(F)F)cc1. The Kier molecular flexibility index (Phi) is 7.03. The third kappa shape index (κ3) is 6.07. The summed E-state index contributed by atoms with van der Waals surface area (Å²) in [6.45, 7) is 1.16. The lowest BCUT2D eigenvalue weighted by atomic mass is 10.1. The second kappa shape index (κ2) is 9.24. The Labute approximate surface area is 150 Å². The number of carbonyl (C=O) groups excluding carboxylic acids is 1. The molecule has 7 heteroatoms. The van der Waals surface area contributed by atoms with Crippen LogP contribution in [-0.4, -0.2) is 26.1 Å². The maximum atomic E-state index is 12.5. The average Bonchev–Trinajstić information content (AvgIpc) is 2.61. The van der Waals surface area contributed by atoms with Crippen molar-refractivity contribution in [3.05, 3.63) is 59.7 Å². The van der Waals surface area contributed by atoms with Gasteiger partial charge in [0.2, 0.25) is 5.91 Å². The summed E-state index contributed by atoms with van der Waals surface area (Å²) in [5.41, 5.74) is 0.683. The Morgan fingerprint density at radius 3 is 2.38 bits per heavy atom. The Morgan fingerprint density at radius 1 is 1.04 bits per heavy atom. The molecule has 0 spiro atoms. The number of halogens is 3. The third-order valence-electron chi connectivity index (χ3n) is 3.79. The van der Waals surface area contributed by atoms with Crippen molar-refractivity contribution in [1.29, 1.82) is 0 Å². The minimum absolute atomic E-state index is 0.229. The number of hydrogen-bond acceptors (Lipinski definition) is 3. The predicted octanol–water partition coefficient (Wildman–Crippen LogP) is 3.87. The Balaban J connectivity index is 1.69. The van der Waals surface area contributed by atoms with Crippen molar-refractivity contribution < 1.29 is 22.7 Å². The van der Waals surface area contributed by atoms with Crippen LogP contribution in [0.3, 0.4) is 0 Å². The van der Waals surface area contributed by atoms with E-state index in [1.54, 1.807) is 7.11 Å². The lowest BCUT2D eigenvalue weighted by Crippen LogP contribution is -2.23. The van der Waals surface area contributed by atoms with Crippen molar-refractivity contribution in [1.82, 2.24) is 5.32 Å². The highest BCUT2D eigenvalue weighted by molar-refractivity contribution is 5.90. The van der Waals surface area contributed by atoms with Gasteiger partial charge in [-0.3, -0.25) is 4.79 Å². The van der Waals surface area contributed by atoms with Gasteiger partial charge in [-0.15, -0.1) is 0 Å². The average molecular weight is 366 g/mol. The number of rotatable bonds is 8. The molecule has 0 bridgehead atoms. The van der Waals surface area contributed by atoms with Crippen LogP contribution in [0.4, 0.5) is 18.9 Å². The van der Waals surface area contributed by atoms with E-state index < -0.39 is 11.7 Å². The molecule has 2 N–H and O–H groups in total. The Hall–Kier alpha value is -2.54. The van der Waals surface area contributed by atoms with E-state index in [-0.39, 0.29) is 12.3 Å². The molecule has 0 aromatic heterocycles. The molecule has 2 aromatic rings. The van der Waals surface area contributed by atoms with Gasteiger partial charge in [0.15, 0.2) is 0 Å². The number of para-hydroxylation sites is 1. The van der Waals surface area contributed by atoms with Gasteiger partial charge in [-0.25, -0.2) is 0 Å². The normalized spacial score (nSPS) is 11.2. The quantitative estimate of drug-likeness (QED) is 0.697. The van der Waals surface area contributed by atoms with Crippen molar-refractivity contribution in [2.24, 2.45) is 0 Å². The van der Waals surface area contributed by atoms with Crippen LogP contribution >= 0.6 is 0 Å². The van der Waals surface area contributed by atoms with Crippen LogP contribution in [0.15, 0.2) is 48.5 Å². The van der Waals surface area contributed by atoms with E-state index in [0.29, 0.717) is 18.8 Å². The first-order valence-corrected chi connectivity index (χ1v) is 8.20. The zero-order valence-corrected chi connectivity index (χ0v) is 14.4. The van der Waals surface area contributed by atoms with Gasteiger partial charge in [0.05, 0.1) is 12.7 Å². The summed E-state index contributed by atoms with van der Waals surface area (Å²) in [6.07, 6.45) is -3.38. The van der Waals surface area contributed by atoms with E-state index in [4.69, 9.17) is 4.74 Å². The van der Waals surface area contributed by atoms with Gasteiger partial charge in [0.1, 0.15) is 5.75 Å². The summed E-state index contributed by atoms with van der Waals surface area (Å²) in [5, 5.41) is 5.75. The summed E-state index contributed by atoms with van der Waals surface area (Å²) in [6, 6.07) is 12.1. The first-order valence-electron chi connectivity index (χ1n) is 8.20. The molecule has 140 valence electrons. The zero-order chi connectivity index (χ0) is 19.0. The Morgan fingerprint density at radius 2 is 1.73 bits per heavy atom. The predicted molar refractivity (Wildman–Crippen MR) is 94.3 cm³/mol. The summed E-state index contributed by atoms with van der Waals surface area (Å²) in [5.74, 6) is 0.573. The number of carbonyl (C=O) groups is 1. The fraction of sp³-hybridized carbons (Fsp3) is 0.316. The summed E-state index contributed by atoms with van der Waals surface area (Å²) in [4.78, 5) is 11.8. The lowest BCUT2D eigenvalue weighted by Gasteiger charge is -2.10. The number of methoxy groups -OCH3 is 1. The first-order chi connectivity index (χ1) is 12.4. The molecule has 2 rings (SSSR count). The van der Waals surface area contributed by atoms with Gasteiger partial charge in [-0.05, 0) is 48.9 Å². The molecule has 2 aromatic carbocycles. The molecule has 0 fully saturated rings. The maximum Gasteiger partial charge on any atom is 0.416 e. The Bertz CT molecular complexity index is 715. The van der Waals surface area contributed by atoms with Gasteiger partial charge in [-0.1, -0.05) is 18.2 Å². The highest BCUT2D eigenvalue weighted by Crippen LogP contribution is 2.29. The molecule has 0 saturated carbocycles. The first kappa shape index (κ1) is 19.8. The zero-order valence-electron chi connectivity index (χ0n) is 14.4. The monoisotopic (exact) mass is 366 g/mol. The van der Waals surface area contributed by atoms with Gasteiger partial charge in [0, 0.05) is 18.7 Å². The molecule has 0 aliphatic carbocycles. The highest BCUT2D eigenvalue weighted by atomic mass is 19.4. The number of ether oxygens (including phenoxy) is 1. The molecular formula is C19H21F3N2O2. The van der Waals surface area contributed by atoms with Crippen LogP contribution in [-0.2, 0) is 17.4 Å². The summed E-state index contributed by atoms with van der Waals surface area (Å²) in [7, 11) is 1.62. The van der Waals surface area contributed by atoms with Crippen LogP contribution in [0.25, 0.3) is 0 Å². The molecule has 1 amide bonds. The summed E-state index contributed by atoms with van der Waals surface area (Å²) >= 11 is 0. The van der Waals surface area contributed by atoms with Crippen LogP contribution in [0.5, 0.6) is 5.75 Å². The van der Waals surface area contributed by atoms with Crippen molar-refractivity contribution in [3.8, 4) is 5.75 Å². The molecule has 0 saturated heterocycles. The fourth-order valence-electron chi connectivity index (χ4n) is 2.43. The van der Waals surface area contributed by atoms with Crippen molar-refractivity contribution in [3.63, 3.8) is 0 Å². The van der Waals surface area contributed by atoms with Gasteiger partial charge < -0.3 is 15.4 Å². The second-order valence-electron chi connectivity index (χ2n) is 5.69. The number of benzene rings is 2. The van der Waals surface area contributed by atoms with Gasteiger partial charge in [0.25, 0.3) is 0 Å². The topological polar surface area (TPSA) is 50.4 Å². The standard InChI is InChI=1S/C19H21F3N2O2/c1-26-17-5-3-2-4-14(17)10-12-23-13-11-18(25)24-16-8-6-15(7-9-16)19(20,21)22/h2-9,23H,10-13H2,1H3,(H,24,25). The molecule has 26 heavy (non-hydrogen) atoms. The number of hydrogen-bond donors (Lipinski definition) is 2. The molecule has 4 nitrogen and oxygen atoms in total. The van der Waals surface area contributed by atoms with E-state index in [2.05, 4.69) is 10.6 Å². The van der Waals surface area contributed by atoms with Crippen LogP contribution in [0.2, 0.25) is 0 Å². The second-order valence-corrected chi connectivity index (χ2v) is 5.69. The minimum atomic E-state index is -4.38. The molecule has 0 aliphatic heterocycles. The van der Waals surface area contributed by atoms with Gasteiger partial charge >= 0.3 is 6.18 Å². The fourth-order valence-corrected chi connectivity index (χ4v) is 2.43. The summed E-state index contributed by atoms with van der Waals surface area (Å²) < 4.78 is 42.7. The molecule has 0 heterocycles. The number of alkyl halides is 3. The maximum absolute atomic E-state index is 12.5. The number of anilines is 1. The molecule has 0 atom stereocenters. The van der Waals surface area contributed by atoms with Gasteiger partial charge in [-0.2, -0.15) is 13.2 Å². The van der Waals surface area contributed by atoms with E-state index in [1.807, 2.05) is 24.3 Å². The van der Waals surface area contributed by atoms with E-state index >= 15 is 0 Å². The van der Waals surface area contributed by atoms with Crippen LogP contribution in [0, 0.1) is 0 Å². The molecule has 0 aliphatic rings. The highest BCUT2D eigenvalue weighted by Gasteiger charge is 2.29. The number of amides is 1. The third-order valence-corrected chi connectivity index (χ3v) is 3.79.